The minimum atomic E-state index is -2.31. The molecular weight excluding hydrogens is 363 g/mol. The van der Waals surface area contributed by atoms with Gasteiger partial charge in [0.1, 0.15) is 6.61 Å². The van der Waals surface area contributed by atoms with E-state index in [0.717, 1.165) is 6.07 Å². The van der Waals surface area contributed by atoms with Crippen LogP contribution in [0.3, 0.4) is 0 Å². The SMILES string of the molecule is CCOC(=O)c1cccc(C(=O)OCc2c(F)c(F)c(F)c(F)c2F)c1. The van der Waals surface area contributed by atoms with Gasteiger partial charge in [-0.05, 0) is 25.1 Å². The van der Waals surface area contributed by atoms with Crippen molar-refractivity contribution in [1.29, 1.82) is 0 Å². The predicted molar refractivity (Wildman–Crippen MR) is 77.8 cm³/mol. The van der Waals surface area contributed by atoms with Gasteiger partial charge in [-0.25, -0.2) is 31.5 Å². The lowest BCUT2D eigenvalue weighted by molar-refractivity contribution is 0.0462. The molecule has 2 rings (SSSR count). The molecular formula is C17H11F5O4. The molecule has 0 spiro atoms. The van der Waals surface area contributed by atoms with Crippen molar-refractivity contribution in [2.45, 2.75) is 13.5 Å². The molecule has 0 saturated carbocycles. The molecule has 0 aromatic heterocycles. The van der Waals surface area contributed by atoms with Gasteiger partial charge < -0.3 is 9.47 Å². The average molecular weight is 374 g/mol. The van der Waals surface area contributed by atoms with Crippen LogP contribution in [0.25, 0.3) is 0 Å². The monoisotopic (exact) mass is 374 g/mol. The number of carbonyl (C=O) groups excluding carboxylic acids is 2. The van der Waals surface area contributed by atoms with Crippen molar-refractivity contribution in [2.75, 3.05) is 6.61 Å². The van der Waals surface area contributed by atoms with Crippen LogP contribution < -0.4 is 0 Å². The summed E-state index contributed by atoms with van der Waals surface area (Å²) in [5.74, 6) is -12.6. The van der Waals surface area contributed by atoms with Crippen LogP contribution in [0.2, 0.25) is 0 Å². The summed E-state index contributed by atoms with van der Waals surface area (Å²) in [6.45, 7) is 0.502. The molecule has 0 aliphatic carbocycles. The van der Waals surface area contributed by atoms with E-state index in [9.17, 15) is 31.5 Å². The summed E-state index contributed by atoms with van der Waals surface area (Å²) < 4.78 is 75.6. The average Bonchev–Trinajstić information content (AvgIpc) is 2.65. The highest BCUT2D eigenvalue weighted by molar-refractivity contribution is 5.95. The first-order valence-corrected chi connectivity index (χ1v) is 7.22. The van der Waals surface area contributed by atoms with Gasteiger partial charge in [0.2, 0.25) is 5.82 Å². The van der Waals surface area contributed by atoms with Gasteiger partial charge in [0, 0.05) is 0 Å². The van der Waals surface area contributed by atoms with Crippen molar-refractivity contribution < 1.29 is 41.0 Å². The summed E-state index contributed by atoms with van der Waals surface area (Å²) >= 11 is 0. The second kappa shape index (κ2) is 7.94. The Morgan fingerprint density at radius 2 is 1.27 bits per heavy atom. The van der Waals surface area contributed by atoms with Gasteiger partial charge in [-0.15, -0.1) is 0 Å². The van der Waals surface area contributed by atoms with E-state index in [1.165, 1.54) is 18.2 Å². The molecule has 138 valence electrons. The first kappa shape index (κ1) is 19.4. The lowest BCUT2D eigenvalue weighted by atomic mass is 10.1. The second-order valence-electron chi connectivity index (χ2n) is 4.93. The van der Waals surface area contributed by atoms with E-state index in [0.29, 0.717) is 0 Å². The van der Waals surface area contributed by atoms with E-state index < -0.39 is 53.2 Å². The number of hydrogen-bond donors (Lipinski definition) is 0. The third kappa shape index (κ3) is 3.81. The van der Waals surface area contributed by atoms with Gasteiger partial charge in [-0.3, -0.25) is 0 Å². The molecule has 4 nitrogen and oxygen atoms in total. The Morgan fingerprint density at radius 3 is 1.77 bits per heavy atom. The van der Waals surface area contributed by atoms with E-state index in [4.69, 9.17) is 4.74 Å². The van der Waals surface area contributed by atoms with E-state index in [-0.39, 0.29) is 17.7 Å². The third-order valence-electron chi connectivity index (χ3n) is 3.26. The van der Waals surface area contributed by atoms with Crippen molar-refractivity contribution in [1.82, 2.24) is 0 Å². The third-order valence-corrected chi connectivity index (χ3v) is 3.26. The van der Waals surface area contributed by atoms with Crippen LogP contribution in [0.1, 0.15) is 33.2 Å². The molecule has 2 aromatic rings. The number of halogens is 5. The van der Waals surface area contributed by atoms with Gasteiger partial charge in [-0.2, -0.15) is 0 Å². The summed E-state index contributed by atoms with van der Waals surface area (Å²) in [4.78, 5) is 23.5. The number of hydrogen-bond acceptors (Lipinski definition) is 4. The number of benzene rings is 2. The lowest BCUT2D eigenvalue weighted by Crippen LogP contribution is -2.12. The number of carbonyl (C=O) groups is 2. The van der Waals surface area contributed by atoms with Crippen LogP contribution >= 0.6 is 0 Å². The van der Waals surface area contributed by atoms with Gasteiger partial charge in [0.15, 0.2) is 23.3 Å². The van der Waals surface area contributed by atoms with Crippen LogP contribution in [-0.2, 0) is 16.1 Å². The highest BCUT2D eigenvalue weighted by atomic mass is 19.2. The van der Waals surface area contributed by atoms with Crippen molar-refractivity contribution in [3.8, 4) is 0 Å². The zero-order valence-corrected chi connectivity index (χ0v) is 13.2. The number of ether oxygens (including phenoxy) is 2. The van der Waals surface area contributed by atoms with Crippen LogP contribution in [0.15, 0.2) is 24.3 Å². The summed E-state index contributed by atoms with van der Waals surface area (Å²) in [6, 6.07) is 5.04. The molecule has 26 heavy (non-hydrogen) atoms. The topological polar surface area (TPSA) is 52.6 Å². The smallest absolute Gasteiger partial charge is 0.338 e. The van der Waals surface area contributed by atoms with Crippen molar-refractivity contribution >= 4 is 11.9 Å². The van der Waals surface area contributed by atoms with Crippen molar-refractivity contribution in [3.05, 3.63) is 70.0 Å². The standard InChI is InChI=1S/C17H11F5O4/c1-2-25-16(23)8-4-3-5-9(6-8)17(24)26-7-10-11(18)13(20)15(22)14(21)12(10)19/h3-6H,2,7H2,1H3. The molecule has 0 atom stereocenters. The van der Waals surface area contributed by atoms with E-state index in [1.807, 2.05) is 0 Å². The molecule has 9 heteroatoms. The van der Waals surface area contributed by atoms with E-state index >= 15 is 0 Å². The maximum absolute atomic E-state index is 13.5. The van der Waals surface area contributed by atoms with E-state index in [1.54, 1.807) is 6.92 Å². The molecule has 0 amide bonds. The molecule has 0 unspecified atom stereocenters. The van der Waals surface area contributed by atoms with Gasteiger partial charge in [0.05, 0.1) is 23.3 Å². The summed E-state index contributed by atoms with van der Waals surface area (Å²) in [5.41, 5.74) is -1.42. The quantitative estimate of drug-likeness (QED) is 0.345. The fraction of sp³-hybridized carbons (Fsp3) is 0.176. The number of rotatable bonds is 5. The Hall–Kier alpha value is -2.97. The molecule has 0 heterocycles. The Kier molecular flexibility index (Phi) is 5.91. The van der Waals surface area contributed by atoms with Crippen LogP contribution in [0.5, 0.6) is 0 Å². The first-order chi connectivity index (χ1) is 12.3. The predicted octanol–water partition coefficient (Wildman–Crippen LogP) is 3.92. The Labute approximate surface area is 144 Å². The van der Waals surface area contributed by atoms with Crippen LogP contribution in [0, 0.1) is 29.1 Å². The molecule has 0 N–H and O–H groups in total. The highest BCUT2D eigenvalue weighted by Crippen LogP contribution is 2.24. The van der Waals surface area contributed by atoms with Crippen molar-refractivity contribution in [3.63, 3.8) is 0 Å². The normalized spacial score (nSPS) is 10.5. The maximum atomic E-state index is 13.5. The zero-order valence-electron chi connectivity index (χ0n) is 13.2. The minimum Gasteiger partial charge on any atom is -0.462 e. The molecule has 0 aliphatic rings. The summed E-state index contributed by atoms with van der Waals surface area (Å²) in [5, 5.41) is 0. The van der Waals surface area contributed by atoms with Crippen LogP contribution in [0.4, 0.5) is 22.0 Å². The van der Waals surface area contributed by atoms with Gasteiger partial charge >= 0.3 is 11.9 Å². The number of esters is 2. The first-order valence-electron chi connectivity index (χ1n) is 7.22. The molecule has 2 aromatic carbocycles. The van der Waals surface area contributed by atoms with Crippen LogP contribution in [-0.4, -0.2) is 18.5 Å². The molecule has 0 saturated heterocycles. The van der Waals surface area contributed by atoms with Crippen molar-refractivity contribution in [2.24, 2.45) is 0 Å². The highest BCUT2D eigenvalue weighted by Gasteiger charge is 2.26. The summed E-state index contributed by atoms with van der Waals surface area (Å²) in [7, 11) is 0. The molecule has 0 radical (unpaired) electrons. The van der Waals surface area contributed by atoms with Gasteiger partial charge in [-0.1, -0.05) is 6.07 Å². The molecule has 0 bridgehead atoms. The van der Waals surface area contributed by atoms with E-state index in [2.05, 4.69) is 4.74 Å². The minimum absolute atomic E-state index is 0.0255. The summed E-state index contributed by atoms with van der Waals surface area (Å²) in [6.07, 6.45) is 0. The molecule has 0 fully saturated rings. The fourth-order valence-corrected chi connectivity index (χ4v) is 1.99. The maximum Gasteiger partial charge on any atom is 0.338 e. The molecule has 0 aliphatic heterocycles. The fourth-order valence-electron chi connectivity index (χ4n) is 1.99. The van der Waals surface area contributed by atoms with Gasteiger partial charge in [0.25, 0.3) is 0 Å². The Balaban J connectivity index is 2.20. The zero-order chi connectivity index (χ0) is 19.4. The Morgan fingerprint density at radius 1 is 0.808 bits per heavy atom. The lowest BCUT2D eigenvalue weighted by Gasteiger charge is -2.09. The largest absolute Gasteiger partial charge is 0.462 e. The Bertz CT molecular complexity index is 837. The second-order valence-corrected chi connectivity index (χ2v) is 4.93.